The van der Waals surface area contributed by atoms with E-state index >= 15 is 0 Å². The van der Waals surface area contributed by atoms with Gasteiger partial charge >= 0.3 is 127 Å². The van der Waals surface area contributed by atoms with Gasteiger partial charge in [0, 0.05) is 0 Å². The fourth-order valence-corrected chi connectivity index (χ4v) is 2.34. The van der Waals surface area contributed by atoms with E-state index < -0.39 is 0 Å². The van der Waals surface area contributed by atoms with Crippen molar-refractivity contribution < 1.29 is 29.6 Å². The van der Waals surface area contributed by atoms with Crippen molar-refractivity contribution in [3.05, 3.63) is 28.8 Å². The molecule has 0 saturated carbocycles. The number of hydrogen-bond acceptors (Lipinski definition) is 1. The van der Waals surface area contributed by atoms with Gasteiger partial charge in [0.25, 0.3) is 0 Å². The van der Waals surface area contributed by atoms with Gasteiger partial charge in [-0.25, -0.2) is 0 Å². The zero-order valence-electron chi connectivity index (χ0n) is 14.5. The maximum absolute atomic E-state index is 6.15. The molecule has 1 nitrogen and oxygen atoms in total. The number of rotatable bonds is 2. The van der Waals surface area contributed by atoms with Gasteiger partial charge in [-0.15, -0.1) is 0 Å². The van der Waals surface area contributed by atoms with Crippen molar-refractivity contribution in [2.75, 3.05) is 0 Å². The molecule has 1 aromatic carbocycles. The molecule has 0 fully saturated rings. The number of aryl methyl sites for hydroxylation is 1. The number of ether oxygens (including phenoxy) is 1. The van der Waals surface area contributed by atoms with Crippen LogP contribution in [0.15, 0.2) is 12.1 Å². The third-order valence-corrected chi connectivity index (χ3v) is 3.29. The Morgan fingerprint density at radius 1 is 0.905 bits per heavy atom. The molecule has 21 heavy (non-hydrogen) atoms. The van der Waals surface area contributed by atoms with Gasteiger partial charge in [0.1, 0.15) is 0 Å². The second-order valence-electron chi connectivity index (χ2n) is 7.51. The second-order valence-corrected chi connectivity index (χ2v) is 8.45. The first-order valence-corrected chi connectivity index (χ1v) is 7.67. The predicted octanol–water partition coefficient (Wildman–Crippen LogP) is -1.51. The molecule has 1 atom stereocenters. The van der Waals surface area contributed by atoms with E-state index in [-0.39, 0.29) is 40.6 Å². The van der Waals surface area contributed by atoms with E-state index in [4.69, 9.17) is 4.74 Å². The molecule has 0 heterocycles. The minimum absolute atomic E-state index is 0. The zero-order valence-corrected chi connectivity index (χ0v) is 17.1. The van der Waals surface area contributed by atoms with E-state index in [1.165, 1.54) is 16.7 Å². The molecule has 0 radical (unpaired) electrons. The van der Waals surface area contributed by atoms with Gasteiger partial charge < -0.3 is 24.8 Å². The maximum atomic E-state index is 6.15. The molecule has 0 saturated heterocycles. The summed E-state index contributed by atoms with van der Waals surface area (Å²) in [5, 5.41) is 0. The predicted molar refractivity (Wildman–Crippen MR) is 84.4 cm³/mol. The van der Waals surface area contributed by atoms with Crippen LogP contribution in [0.1, 0.15) is 65.2 Å². The van der Waals surface area contributed by atoms with Gasteiger partial charge in [0.05, 0.1) is 0 Å². The molecule has 118 valence electrons. The molecule has 0 aliphatic rings. The molecule has 1 rings (SSSR count). The smallest absolute Gasteiger partial charge is 1.00 e. The maximum Gasteiger partial charge on any atom is -1.00 e. The van der Waals surface area contributed by atoms with Crippen LogP contribution in [0.4, 0.5) is 0 Å². The van der Waals surface area contributed by atoms with E-state index in [0.29, 0.717) is 0 Å². The van der Waals surface area contributed by atoms with Gasteiger partial charge in [-0.1, -0.05) is 0 Å². The van der Waals surface area contributed by atoms with Crippen molar-refractivity contribution in [3.63, 3.8) is 0 Å². The number of halogens is 2. The van der Waals surface area contributed by atoms with Gasteiger partial charge in [0.2, 0.25) is 0 Å². The van der Waals surface area contributed by atoms with E-state index in [2.05, 4.69) is 83.8 Å². The van der Waals surface area contributed by atoms with E-state index in [1.54, 1.807) is 0 Å². The summed E-state index contributed by atoms with van der Waals surface area (Å²) >= 11 is 2.72. The van der Waals surface area contributed by atoms with Crippen LogP contribution in [0.3, 0.4) is 0 Å². The van der Waals surface area contributed by atoms with Gasteiger partial charge in [0.15, 0.2) is 0 Å². The molecule has 4 heteroatoms. The first-order chi connectivity index (χ1) is 8.43. The average Bonchev–Trinajstić information content (AvgIpc) is 2.16. The van der Waals surface area contributed by atoms with E-state index in [9.17, 15) is 0 Å². The third-order valence-electron chi connectivity index (χ3n) is 3.15. The third kappa shape index (κ3) is 6.41. The molecule has 0 aliphatic carbocycles. The molecule has 0 N–H and O–H groups in total. The molecule has 0 amide bonds. The summed E-state index contributed by atoms with van der Waals surface area (Å²) in [6.07, 6.45) is 0. The van der Waals surface area contributed by atoms with Crippen LogP contribution in [0, 0.1) is 6.92 Å². The Morgan fingerprint density at radius 3 is 1.48 bits per heavy atom. The Balaban J connectivity index is 0. The number of hydrogen-bond donors (Lipinski definition) is 0. The summed E-state index contributed by atoms with van der Waals surface area (Å²) in [6.45, 7) is 17.7. The summed E-state index contributed by atoms with van der Waals surface area (Å²) in [6, 6.07) is 4.52. The topological polar surface area (TPSA) is 9.23 Å². The molecule has 0 spiro atoms. The average molecular weight is 345 g/mol. The number of benzene rings is 1. The van der Waals surface area contributed by atoms with Crippen LogP contribution in [-0.2, 0) is 10.8 Å². The van der Waals surface area contributed by atoms with Gasteiger partial charge in [-0.2, -0.15) is 0 Å². The van der Waals surface area contributed by atoms with Gasteiger partial charge in [-0.05, 0) is 0 Å². The fourth-order valence-electron chi connectivity index (χ4n) is 2.20. The van der Waals surface area contributed by atoms with Crippen LogP contribution >= 0.6 is 0 Å². The first-order valence-electron chi connectivity index (χ1n) is 7.01. The van der Waals surface area contributed by atoms with Crippen molar-refractivity contribution >= 4 is 16.3 Å². The summed E-state index contributed by atoms with van der Waals surface area (Å²) in [5.41, 5.74) is 4.07. The van der Waals surface area contributed by atoms with Crippen molar-refractivity contribution in [1.82, 2.24) is 0 Å². The largest absolute Gasteiger partial charge is 1.00 e. The Kier molecular flexibility index (Phi) is 9.04. The minimum atomic E-state index is 0. The zero-order chi connectivity index (χ0) is 15.0. The Hall–Kier alpha value is 0.132. The van der Waals surface area contributed by atoms with Crippen molar-refractivity contribution in [2.45, 2.75) is 71.2 Å². The monoisotopic (exact) mass is 344 g/mol. The Morgan fingerprint density at radius 2 is 1.24 bits per heavy atom. The summed E-state index contributed by atoms with van der Waals surface area (Å²) in [7, 11) is 0. The van der Waals surface area contributed by atoms with Gasteiger partial charge in [-0.3, -0.25) is 0 Å². The molecule has 0 aromatic heterocycles. The first kappa shape index (κ1) is 23.4. The van der Waals surface area contributed by atoms with Crippen LogP contribution < -0.4 is 29.6 Å². The van der Waals surface area contributed by atoms with Crippen LogP contribution in [0.5, 0.6) is 5.75 Å². The van der Waals surface area contributed by atoms with Crippen molar-refractivity contribution in [1.29, 1.82) is 0 Å². The van der Waals surface area contributed by atoms with E-state index in [0.717, 1.165) is 5.75 Å². The van der Waals surface area contributed by atoms with Crippen LogP contribution in [-0.4, -0.2) is 21.3 Å². The summed E-state index contributed by atoms with van der Waals surface area (Å²) in [4.78, 5) is 0.116. The molecule has 1 unspecified atom stereocenters. The Bertz CT molecular complexity index is 422. The molecule has 0 bridgehead atoms. The second kappa shape index (κ2) is 8.12. The summed E-state index contributed by atoms with van der Waals surface area (Å²) < 4.78 is 6.15. The van der Waals surface area contributed by atoms with E-state index in [1.807, 2.05) is 0 Å². The quantitative estimate of drug-likeness (QED) is 0.593. The normalized spacial score (nSPS) is 13.0. The molecule has 1 aromatic rings. The summed E-state index contributed by atoms with van der Waals surface area (Å²) in [5.74, 6) is 1.06. The molecular formula is C17H27AlCl2O. The SMILES string of the molecule is Cc1cc(C(C)(C)C)c(O[CH](C)[Al+2])c(C(C)(C)C)c1.[Cl-].[Cl-]. The Labute approximate surface area is 151 Å². The van der Waals surface area contributed by atoms with Crippen LogP contribution in [0.25, 0.3) is 0 Å². The molecular weight excluding hydrogens is 318 g/mol. The van der Waals surface area contributed by atoms with Crippen LogP contribution in [0.2, 0.25) is 0 Å². The van der Waals surface area contributed by atoms with Crippen molar-refractivity contribution in [2.24, 2.45) is 0 Å². The standard InChI is InChI=1S/C17H27O.Al.2ClH/c1-9-18-15-13(16(3,4)5)10-12(2)11-14(15)17(6,7)8;;;/h9-11H,1-8H3;;2*1H/q;+2;;/p-2. The van der Waals surface area contributed by atoms with Crippen molar-refractivity contribution in [3.8, 4) is 5.75 Å². The molecule has 0 aliphatic heterocycles. The fraction of sp³-hybridized carbons (Fsp3) is 0.647. The minimum Gasteiger partial charge on any atom is -1.00 e.